The number of hydrogen-bond donors (Lipinski definition) is 1. The minimum atomic E-state index is -0.314. The van der Waals surface area contributed by atoms with E-state index in [9.17, 15) is 9.59 Å². The van der Waals surface area contributed by atoms with E-state index in [1.807, 2.05) is 45.0 Å². The summed E-state index contributed by atoms with van der Waals surface area (Å²) in [5, 5.41) is 6.71. The van der Waals surface area contributed by atoms with Crippen molar-refractivity contribution in [2.45, 2.75) is 33.6 Å². The maximum Gasteiger partial charge on any atom is 0.227 e. The zero-order chi connectivity index (χ0) is 18.0. The minimum absolute atomic E-state index is 0.00531. The molecule has 2 amide bonds. The lowest BCUT2D eigenvalue weighted by Crippen LogP contribution is -2.34. The molecule has 1 aliphatic rings. The summed E-state index contributed by atoms with van der Waals surface area (Å²) in [6.07, 6.45) is 0.842. The van der Waals surface area contributed by atoms with Gasteiger partial charge < -0.3 is 14.7 Å². The van der Waals surface area contributed by atoms with Crippen LogP contribution in [0.1, 0.15) is 29.0 Å². The van der Waals surface area contributed by atoms with E-state index in [0.717, 1.165) is 22.7 Å². The Kier molecular flexibility index (Phi) is 4.88. The summed E-state index contributed by atoms with van der Waals surface area (Å²) in [5.41, 5.74) is 4.01. The van der Waals surface area contributed by atoms with Gasteiger partial charge in [-0.2, -0.15) is 0 Å². The molecule has 0 spiro atoms. The van der Waals surface area contributed by atoms with Crippen LogP contribution in [0.15, 0.2) is 28.8 Å². The lowest BCUT2D eigenvalue weighted by atomic mass is 10.1. The largest absolute Gasteiger partial charge is 0.361 e. The molecule has 132 valence electrons. The Morgan fingerprint density at radius 2 is 2.08 bits per heavy atom. The van der Waals surface area contributed by atoms with Gasteiger partial charge in [0.25, 0.3) is 0 Å². The maximum absolute atomic E-state index is 12.3. The van der Waals surface area contributed by atoms with Crippen LogP contribution in [-0.4, -0.2) is 30.1 Å². The van der Waals surface area contributed by atoms with E-state index >= 15 is 0 Å². The quantitative estimate of drug-likeness (QED) is 0.905. The number of nitrogens with one attached hydrogen (secondary N) is 1. The average Bonchev–Trinajstić information content (AvgIpc) is 3.16. The van der Waals surface area contributed by atoms with Crippen molar-refractivity contribution < 1.29 is 14.1 Å². The van der Waals surface area contributed by atoms with Crippen LogP contribution in [0.2, 0.25) is 0 Å². The number of nitrogens with zero attached hydrogens (tertiary/aromatic N) is 2. The second-order valence-electron chi connectivity index (χ2n) is 6.65. The summed E-state index contributed by atoms with van der Waals surface area (Å²) in [5.74, 6) is 0.341. The number of amides is 2. The van der Waals surface area contributed by atoms with Gasteiger partial charge in [0.15, 0.2) is 0 Å². The Labute approximate surface area is 147 Å². The molecule has 0 aliphatic carbocycles. The predicted molar refractivity (Wildman–Crippen MR) is 94.3 cm³/mol. The maximum atomic E-state index is 12.3. The molecule has 1 aromatic carbocycles. The molecule has 0 saturated carbocycles. The number of anilines is 1. The average molecular weight is 341 g/mol. The van der Waals surface area contributed by atoms with Crippen molar-refractivity contribution >= 4 is 17.5 Å². The standard InChI is InChI=1S/C19H23N3O3/c1-12-4-5-16(8-13(12)2)22-11-15(10-18(22)23)19(24)20-7-6-17-9-14(3)21-25-17/h4-5,8-9,15H,6-7,10-11H2,1-3H3,(H,20,24). The topological polar surface area (TPSA) is 75.4 Å². The van der Waals surface area contributed by atoms with E-state index < -0.39 is 0 Å². The third-order valence-corrected chi connectivity index (χ3v) is 4.65. The summed E-state index contributed by atoms with van der Waals surface area (Å²) in [7, 11) is 0. The third-order valence-electron chi connectivity index (χ3n) is 4.65. The smallest absolute Gasteiger partial charge is 0.227 e. The van der Waals surface area contributed by atoms with E-state index in [0.29, 0.717) is 19.5 Å². The van der Waals surface area contributed by atoms with Crippen molar-refractivity contribution in [3.63, 3.8) is 0 Å². The van der Waals surface area contributed by atoms with Crippen LogP contribution in [0.25, 0.3) is 0 Å². The number of rotatable bonds is 5. The lowest BCUT2D eigenvalue weighted by molar-refractivity contribution is -0.126. The highest BCUT2D eigenvalue weighted by molar-refractivity contribution is 6.00. The first-order valence-corrected chi connectivity index (χ1v) is 8.51. The highest BCUT2D eigenvalue weighted by Gasteiger charge is 2.35. The molecule has 3 rings (SSSR count). The Balaban J connectivity index is 1.56. The van der Waals surface area contributed by atoms with Crippen LogP contribution in [0, 0.1) is 26.7 Å². The van der Waals surface area contributed by atoms with E-state index in [-0.39, 0.29) is 24.2 Å². The van der Waals surface area contributed by atoms with E-state index in [1.54, 1.807) is 4.90 Å². The monoisotopic (exact) mass is 341 g/mol. The Morgan fingerprint density at radius 3 is 2.76 bits per heavy atom. The predicted octanol–water partition coefficient (Wildman–Crippen LogP) is 2.31. The number of carbonyl (C=O) groups excluding carboxylic acids is 2. The lowest BCUT2D eigenvalue weighted by Gasteiger charge is -2.18. The van der Waals surface area contributed by atoms with E-state index in [2.05, 4.69) is 10.5 Å². The summed E-state index contributed by atoms with van der Waals surface area (Å²) in [6.45, 7) is 6.82. The molecule has 0 radical (unpaired) electrons. The summed E-state index contributed by atoms with van der Waals surface area (Å²) in [4.78, 5) is 26.4. The highest BCUT2D eigenvalue weighted by atomic mass is 16.5. The molecule has 1 unspecified atom stereocenters. The van der Waals surface area contributed by atoms with Crippen molar-refractivity contribution in [2.24, 2.45) is 5.92 Å². The van der Waals surface area contributed by atoms with Crippen molar-refractivity contribution in [1.82, 2.24) is 10.5 Å². The minimum Gasteiger partial charge on any atom is -0.361 e. The third kappa shape index (κ3) is 3.90. The van der Waals surface area contributed by atoms with Crippen molar-refractivity contribution in [1.29, 1.82) is 0 Å². The molecular weight excluding hydrogens is 318 g/mol. The first kappa shape index (κ1) is 17.2. The molecule has 6 heteroatoms. The zero-order valence-corrected chi connectivity index (χ0v) is 14.8. The summed E-state index contributed by atoms with van der Waals surface area (Å²) < 4.78 is 5.12. The van der Waals surface area contributed by atoms with E-state index in [4.69, 9.17) is 4.52 Å². The molecule has 6 nitrogen and oxygen atoms in total. The molecule has 25 heavy (non-hydrogen) atoms. The van der Waals surface area contributed by atoms with Crippen molar-refractivity contribution in [2.75, 3.05) is 18.0 Å². The van der Waals surface area contributed by atoms with Crippen LogP contribution in [0.5, 0.6) is 0 Å². The van der Waals surface area contributed by atoms with Crippen LogP contribution in [-0.2, 0) is 16.0 Å². The van der Waals surface area contributed by atoms with Gasteiger partial charge in [0.05, 0.1) is 11.6 Å². The molecule has 1 N–H and O–H groups in total. The molecule has 2 heterocycles. The first-order valence-electron chi connectivity index (χ1n) is 8.51. The molecule has 1 saturated heterocycles. The SMILES string of the molecule is Cc1cc(CCNC(=O)C2CC(=O)N(c3ccc(C)c(C)c3)C2)on1. The van der Waals surface area contributed by atoms with Gasteiger partial charge in [0.1, 0.15) is 5.76 Å². The van der Waals surface area contributed by atoms with Gasteiger partial charge in [-0.05, 0) is 44.0 Å². The van der Waals surface area contributed by atoms with Gasteiger partial charge in [0.2, 0.25) is 11.8 Å². The normalized spacial score (nSPS) is 17.2. The second-order valence-corrected chi connectivity index (χ2v) is 6.65. The first-order chi connectivity index (χ1) is 11.9. The van der Waals surface area contributed by atoms with Crippen LogP contribution >= 0.6 is 0 Å². The van der Waals surface area contributed by atoms with Crippen molar-refractivity contribution in [3.8, 4) is 0 Å². The van der Waals surface area contributed by atoms with Gasteiger partial charge >= 0.3 is 0 Å². The number of aromatic nitrogens is 1. The molecule has 1 fully saturated rings. The highest BCUT2D eigenvalue weighted by Crippen LogP contribution is 2.26. The molecule has 0 bridgehead atoms. The van der Waals surface area contributed by atoms with E-state index in [1.165, 1.54) is 5.56 Å². The number of carbonyl (C=O) groups is 2. The fourth-order valence-corrected chi connectivity index (χ4v) is 3.01. The van der Waals surface area contributed by atoms with Gasteiger partial charge in [0, 0.05) is 37.7 Å². The number of benzene rings is 1. The number of aryl methyl sites for hydroxylation is 3. The summed E-state index contributed by atoms with van der Waals surface area (Å²) in [6, 6.07) is 7.80. The van der Waals surface area contributed by atoms with Gasteiger partial charge in [-0.25, -0.2) is 0 Å². The van der Waals surface area contributed by atoms with Gasteiger partial charge in [-0.3, -0.25) is 9.59 Å². The fraction of sp³-hybridized carbons (Fsp3) is 0.421. The van der Waals surface area contributed by atoms with Gasteiger partial charge in [-0.1, -0.05) is 11.2 Å². The van der Waals surface area contributed by atoms with Crippen molar-refractivity contribution in [3.05, 3.63) is 46.8 Å². The summed E-state index contributed by atoms with van der Waals surface area (Å²) >= 11 is 0. The zero-order valence-electron chi connectivity index (χ0n) is 14.8. The molecule has 1 aliphatic heterocycles. The Hall–Kier alpha value is -2.63. The Bertz CT molecular complexity index is 797. The fourth-order valence-electron chi connectivity index (χ4n) is 3.01. The van der Waals surface area contributed by atoms with Crippen LogP contribution in [0.4, 0.5) is 5.69 Å². The van der Waals surface area contributed by atoms with Gasteiger partial charge in [-0.15, -0.1) is 0 Å². The van der Waals surface area contributed by atoms with Crippen LogP contribution < -0.4 is 10.2 Å². The Morgan fingerprint density at radius 1 is 1.28 bits per heavy atom. The second kappa shape index (κ2) is 7.09. The molecular formula is C19H23N3O3. The molecule has 1 aromatic heterocycles. The molecule has 1 atom stereocenters. The van der Waals surface area contributed by atoms with Crippen LogP contribution in [0.3, 0.4) is 0 Å². The number of hydrogen-bond acceptors (Lipinski definition) is 4. The molecule has 2 aromatic rings.